The summed E-state index contributed by atoms with van der Waals surface area (Å²) in [4.78, 5) is 0. The second-order valence-electron chi connectivity index (χ2n) is 13.9. The summed E-state index contributed by atoms with van der Waals surface area (Å²) in [7, 11) is 0. The molecule has 0 bridgehead atoms. The van der Waals surface area contributed by atoms with Crippen LogP contribution in [0.3, 0.4) is 0 Å². The number of para-hydroxylation sites is 1. The van der Waals surface area contributed by atoms with E-state index in [-0.39, 0.29) is 0 Å². The minimum absolute atomic E-state index is 0.594. The first-order valence-electron chi connectivity index (χ1n) is 18.4. The van der Waals surface area contributed by atoms with Crippen molar-refractivity contribution in [1.82, 2.24) is 4.57 Å². The molecule has 254 valence electrons. The van der Waals surface area contributed by atoms with Gasteiger partial charge in [-0.2, -0.15) is 10.5 Å². The van der Waals surface area contributed by atoms with Gasteiger partial charge in [0.2, 0.25) is 0 Å². The summed E-state index contributed by atoms with van der Waals surface area (Å²) in [6.07, 6.45) is 0. The molecule has 0 saturated carbocycles. The van der Waals surface area contributed by atoms with Crippen molar-refractivity contribution < 1.29 is 0 Å². The van der Waals surface area contributed by atoms with Crippen molar-refractivity contribution in [3.8, 4) is 62.3 Å². The topological polar surface area (TPSA) is 52.5 Å². The highest BCUT2D eigenvalue weighted by Gasteiger charge is 2.20. The maximum atomic E-state index is 10.6. The Morgan fingerprint density at radius 2 is 0.909 bits per heavy atom. The van der Waals surface area contributed by atoms with Crippen LogP contribution in [-0.4, -0.2) is 4.57 Å². The fourth-order valence-electron chi connectivity index (χ4n) is 8.48. The zero-order chi connectivity index (χ0) is 36.9. The molecule has 0 saturated heterocycles. The van der Waals surface area contributed by atoms with E-state index < -0.39 is 0 Å². The Morgan fingerprint density at radius 1 is 0.345 bits per heavy atom. The van der Waals surface area contributed by atoms with Crippen LogP contribution in [-0.2, 0) is 0 Å². The molecule has 0 amide bonds. The van der Waals surface area contributed by atoms with Crippen LogP contribution in [0.5, 0.6) is 0 Å². The lowest BCUT2D eigenvalue weighted by Crippen LogP contribution is -1.96. The van der Waals surface area contributed by atoms with Crippen molar-refractivity contribution in [3.05, 3.63) is 199 Å². The van der Waals surface area contributed by atoms with Crippen molar-refractivity contribution in [2.45, 2.75) is 0 Å². The van der Waals surface area contributed by atoms with Crippen LogP contribution in [0, 0.1) is 22.7 Å². The van der Waals surface area contributed by atoms with Gasteiger partial charge in [-0.05, 0) is 109 Å². The van der Waals surface area contributed by atoms with Crippen LogP contribution in [0.25, 0.3) is 93.5 Å². The summed E-state index contributed by atoms with van der Waals surface area (Å²) >= 11 is 0. The quantitative estimate of drug-likeness (QED) is 0.168. The van der Waals surface area contributed by atoms with Gasteiger partial charge in [-0.1, -0.05) is 146 Å². The molecule has 3 nitrogen and oxygen atoms in total. The highest BCUT2D eigenvalue weighted by molar-refractivity contribution is 6.22. The molecule has 0 aliphatic rings. The third-order valence-corrected chi connectivity index (χ3v) is 10.9. The van der Waals surface area contributed by atoms with E-state index in [0.717, 1.165) is 55.3 Å². The minimum Gasteiger partial charge on any atom is -0.309 e. The Balaban J connectivity index is 1.13. The Hall–Kier alpha value is -7.72. The maximum absolute atomic E-state index is 10.6. The number of hydrogen-bond donors (Lipinski definition) is 0. The maximum Gasteiger partial charge on any atom is 0.0998 e. The predicted molar refractivity (Wildman–Crippen MR) is 227 cm³/mol. The van der Waals surface area contributed by atoms with E-state index in [2.05, 4.69) is 168 Å². The molecule has 10 rings (SSSR count). The second-order valence-corrected chi connectivity index (χ2v) is 13.9. The molecule has 0 N–H and O–H groups in total. The van der Waals surface area contributed by atoms with Gasteiger partial charge in [0.1, 0.15) is 0 Å². The number of hydrogen-bond acceptors (Lipinski definition) is 2. The molecule has 0 spiro atoms. The molecule has 1 aromatic heterocycles. The number of rotatable bonds is 5. The number of nitrogens with zero attached hydrogens (tertiary/aromatic N) is 3. The molecule has 0 unspecified atom stereocenters. The Bertz CT molecular complexity index is 3170. The first kappa shape index (κ1) is 32.0. The van der Waals surface area contributed by atoms with Crippen molar-refractivity contribution in [2.24, 2.45) is 0 Å². The van der Waals surface area contributed by atoms with Gasteiger partial charge in [0, 0.05) is 16.5 Å². The van der Waals surface area contributed by atoms with Crippen LogP contribution >= 0.6 is 0 Å². The fourth-order valence-corrected chi connectivity index (χ4v) is 8.48. The largest absolute Gasteiger partial charge is 0.309 e. The molecule has 0 aliphatic carbocycles. The Morgan fingerprint density at radius 3 is 1.60 bits per heavy atom. The van der Waals surface area contributed by atoms with Gasteiger partial charge < -0.3 is 4.57 Å². The van der Waals surface area contributed by atoms with Crippen LogP contribution in [0.2, 0.25) is 0 Å². The molecular formula is C52H31N3. The lowest BCUT2D eigenvalue weighted by molar-refractivity contribution is 1.18. The van der Waals surface area contributed by atoms with Crippen LogP contribution in [0.4, 0.5) is 0 Å². The SMILES string of the molecule is N#Cc1ccc2c(c1)c1ccccc1n2-c1ccc(-c2cccc(-c3ccccc3-c3c4ccccc4c(-c4ccccc4)c4ccccc34)c2)c(C#N)c1. The lowest BCUT2D eigenvalue weighted by Gasteiger charge is -2.20. The van der Waals surface area contributed by atoms with Gasteiger partial charge in [0.15, 0.2) is 0 Å². The van der Waals surface area contributed by atoms with Gasteiger partial charge in [0.05, 0.1) is 34.3 Å². The molecule has 0 radical (unpaired) electrons. The van der Waals surface area contributed by atoms with E-state index in [1.54, 1.807) is 0 Å². The molecule has 9 aromatic carbocycles. The third-order valence-electron chi connectivity index (χ3n) is 10.9. The molecule has 0 fully saturated rings. The number of aromatic nitrogens is 1. The van der Waals surface area contributed by atoms with Gasteiger partial charge in [-0.3, -0.25) is 0 Å². The summed E-state index contributed by atoms with van der Waals surface area (Å²) in [5.41, 5.74) is 13.0. The zero-order valence-electron chi connectivity index (χ0n) is 29.7. The highest BCUT2D eigenvalue weighted by Crippen LogP contribution is 2.46. The van der Waals surface area contributed by atoms with Crippen molar-refractivity contribution >= 4 is 43.4 Å². The zero-order valence-corrected chi connectivity index (χ0v) is 29.7. The van der Waals surface area contributed by atoms with Crippen molar-refractivity contribution in [1.29, 1.82) is 10.5 Å². The molecule has 55 heavy (non-hydrogen) atoms. The highest BCUT2D eigenvalue weighted by atomic mass is 15.0. The average Bonchev–Trinajstić information content (AvgIpc) is 3.59. The Kier molecular flexibility index (Phi) is 7.58. The summed E-state index contributed by atoms with van der Waals surface area (Å²) in [5, 5.41) is 27.1. The van der Waals surface area contributed by atoms with E-state index in [9.17, 15) is 10.5 Å². The molecule has 10 aromatic rings. The smallest absolute Gasteiger partial charge is 0.0998 e. The second kappa shape index (κ2) is 13.0. The minimum atomic E-state index is 0.594. The fraction of sp³-hybridized carbons (Fsp3) is 0. The monoisotopic (exact) mass is 697 g/mol. The van der Waals surface area contributed by atoms with Gasteiger partial charge in [0.25, 0.3) is 0 Å². The summed E-state index contributed by atoms with van der Waals surface area (Å²) in [6.45, 7) is 0. The molecule has 1 heterocycles. The van der Waals surface area contributed by atoms with Crippen LogP contribution < -0.4 is 0 Å². The summed E-state index contributed by atoms with van der Waals surface area (Å²) < 4.78 is 2.18. The average molecular weight is 698 g/mol. The van der Waals surface area contributed by atoms with Gasteiger partial charge >= 0.3 is 0 Å². The van der Waals surface area contributed by atoms with E-state index in [1.807, 2.05) is 36.4 Å². The van der Waals surface area contributed by atoms with E-state index >= 15 is 0 Å². The Labute approximate surface area is 318 Å². The van der Waals surface area contributed by atoms with E-state index in [4.69, 9.17) is 0 Å². The predicted octanol–water partition coefficient (Wildman–Crippen LogP) is 13.5. The first-order chi connectivity index (χ1) is 27.2. The molecule has 3 heteroatoms. The van der Waals surface area contributed by atoms with Crippen molar-refractivity contribution in [2.75, 3.05) is 0 Å². The third kappa shape index (κ3) is 5.19. The normalized spacial score (nSPS) is 11.2. The number of benzene rings is 9. The van der Waals surface area contributed by atoms with E-state index in [1.165, 1.54) is 38.2 Å². The summed E-state index contributed by atoms with van der Waals surface area (Å²) in [5.74, 6) is 0. The van der Waals surface area contributed by atoms with Gasteiger partial charge in [-0.25, -0.2) is 0 Å². The standard InChI is InChI=1S/C52H31N3/c53-32-34-25-28-50-48(29-34)42-18-10-11-24-49(42)55(50)39-26-27-40(38(31-39)33-54)36-15-12-16-37(30-36)41-17-4-5-19-43(41)52-46-22-8-6-20-44(46)51(35-13-2-1-3-14-35)45-21-7-9-23-47(45)52/h1-31H. The van der Waals surface area contributed by atoms with Crippen LogP contribution in [0.15, 0.2) is 188 Å². The van der Waals surface area contributed by atoms with Crippen molar-refractivity contribution in [3.63, 3.8) is 0 Å². The number of fused-ring (bicyclic) bond motifs is 5. The molecule has 0 aliphatic heterocycles. The number of nitriles is 2. The first-order valence-corrected chi connectivity index (χ1v) is 18.4. The summed E-state index contributed by atoms with van der Waals surface area (Å²) in [6, 6.07) is 70.3. The molecule has 0 atom stereocenters. The lowest BCUT2D eigenvalue weighted by atomic mass is 9.83. The van der Waals surface area contributed by atoms with E-state index in [0.29, 0.717) is 11.1 Å². The molecular weight excluding hydrogens is 667 g/mol. The van der Waals surface area contributed by atoms with Crippen LogP contribution in [0.1, 0.15) is 11.1 Å². The van der Waals surface area contributed by atoms with Gasteiger partial charge in [-0.15, -0.1) is 0 Å².